The molecule has 2 aromatic carbocycles. The van der Waals surface area contributed by atoms with Crippen LogP contribution in [0.4, 0.5) is 0 Å². The fourth-order valence-electron chi connectivity index (χ4n) is 1.96. The fraction of sp³-hybridized carbons (Fsp3) is 0.200. The van der Waals surface area contributed by atoms with Crippen LogP contribution in [0.1, 0.15) is 11.1 Å². The zero-order valence-corrected chi connectivity index (χ0v) is 11.7. The van der Waals surface area contributed by atoms with Gasteiger partial charge in [0, 0.05) is 10.6 Å². The molecule has 0 atom stereocenters. The van der Waals surface area contributed by atoms with E-state index in [0.29, 0.717) is 11.5 Å². The standard InChI is InChI=1S/C15H17O2P/c1-10-6-4-8-12(14(10)16)18(3)13-9-5-7-11(2)15(13)17/h4-9,16-17H,1-3H3. The minimum atomic E-state index is -0.745. The highest BCUT2D eigenvalue weighted by molar-refractivity contribution is 7.72. The minimum absolute atomic E-state index is 0.340. The molecule has 18 heavy (non-hydrogen) atoms. The van der Waals surface area contributed by atoms with Crippen LogP contribution < -0.4 is 10.6 Å². The Bertz CT molecular complexity index is 527. The first kappa shape index (κ1) is 12.9. The van der Waals surface area contributed by atoms with E-state index in [2.05, 4.69) is 6.66 Å². The Hall–Kier alpha value is -1.53. The van der Waals surface area contributed by atoms with E-state index in [1.165, 1.54) is 0 Å². The van der Waals surface area contributed by atoms with Gasteiger partial charge in [0.05, 0.1) is 0 Å². The van der Waals surface area contributed by atoms with E-state index in [1.54, 1.807) is 0 Å². The van der Waals surface area contributed by atoms with Crippen LogP contribution in [-0.4, -0.2) is 16.9 Å². The number of phenolic OH excluding ortho intramolecular Hbond substituents is 2. The maximum Gasteiger partial charge on any atom is 0.126 e. The Morgan fingerprint density at radius 3 is 1.56 bits per heavy atom. The van der Waals surface area contributed by atoms with Crippen LogP contribution in [0.15, 0.2) is 36.4 Å². The predicted octanol–water partition coefficient (Wildman–Crippen LogP) is 2.78. The van der Waals surface area contributed by atoms with Gasteiger partial charge in [-0.1, -0.05) is 36.4 Å². The van der Waals surface area contributed by atoms with Gasteiger partial charge in [0.15, 0.2) is 0 Å². The van der Waals surface area contributed by atoms with Crippen molar-refractivity contribution in [1.29, 1.82) is 0 Å². The maximum absolute atomic E-state index is 10.1. The number of hydrogen-bond acceptors (Lipinski definition) is 2. The van der Waals surface area contributed by atoms with E-state index in [-0.39, 0.29) is 0 Å². The molecule has 0 aliphatic heterocycles. The van der Waals surface area contributed by atoms with E-state index in [1.807, 2.05) is 50.2 Å². The Kier molecular flexibility index (Phi) is 3.58. The van der Waals surface area contributed by atoms with Gasteiger partial charge < -0.3 is 10.2 Å². The quantitative estimate of drug-likeness (QED) is 0.815. The number of aromatic hydroxyl groups is 2. The fourth-order valence-corrected chi connectivity index (χ4v) is 3.83. The van der Waals surface area contributed by atoms with Gasteiger partial charge >= 0.3 is 0 Å². The molecule has 0 radical (unpaired) electrons. The van der Waals surface area contributed by atoms with Crippen molar-refractivity contribution in [1.82, 2.24) is 0 Å². The third-order valence-corrected chi connectivity index (χ3v) is 5.32. The summed E-state index contributed by atoms with van der Waals surface area (Å²) in [5.41, 5.74) is 1.74. The maximum atomic E-state index is 10.1. The second kappa shape index (κ2) is 4.99. The molecule has 3 heteroatoms. The van der Waals surface area contributed by atoms with Gasteiger partial charge in [-0.3, -0.25) is 0 Å². The summed E-state index contributed by atoms with van der Waals surface area (Å²) in [4.78, 5) is 0. The molecule has 0 amide bonds. The smallest absolute Gasteiger partial charge is 0.126 e. The summed E-state index contributed by atoms with van der Waals surface area (Å²) in [7, 11) is -0.745. The van der Waals surface area contributed by atoms with Crippen molar-refractivity contribution in [2.45, 2.75) is 13.8 Å². The van der Waals surface area contributed by atoms with Crippen LogP contribution in [0, 0.1) is 13.8 Å². The molecule has 0 aromatic heterocycles. The highest BCUT2D eigenvalue weighted by atomic mass is 31.1. The normalized spacial score (nSPS) is 10.9. The molecule has 0 unspecified atom stereocenters. The zero-order chi connectivity index (χ0) is 13.3. The Morgan fingerprint density at radius 2 is 1.17 bits per heavy atom. The van der Waals surface area contributed by atoms with E-state index in [0.717, 1.165) is 21.7 Å². The summed E-state index contributed by atoms with van der Waals surface area (Å²) in [6.45, 7) is 5.83. The lowest BCUT2D eigenvalue weighted by molar-refractivity contribution is 0.475. The Labute approximate surface area is 109 Å². The third kappa shape index (κ3) is 2.21. The molecular weight excluding hydrogens is 243 g/mol. The second-order valence-electron chi connectivity index (χ2n) is 4.44. The lowest BCUT2D eigenvalue weighted by atomic mass is 10.2. The molecule has 0 heterocycles. The number of benzene rings is 2. The zero-order valence-electron chi connectivity index (χ0n) is 10.8. The van der Waals surface area contributed by atoms with Crippen LogP contribution in [-0.2, 0) is 0 Å². The molecule has 0 aliphatic carbocycles. The molecule has 0 saturated heterocycles. The van der Waals surface area contributed by atoms with Crippen LogP contribution in [0.25, 0.3) is 0 Å². The van der Waals surface area contributed by atoms with Crippen molar-refractivity contribution in [3.63, 3.8) is 0 Å². The topological polar surface area (TPSA) is 40.5 Å². The molecule has 2 rings (SSSR count). The first-order valence-electron chi connectivity index (χ1n) is 5.83. The summed E-state index contributed by atoms with van der Waals surface area (Å²) >= 11 is 0. The van der Waals surface area contributed by atoms with Gasteiger partial charge in [-0.05, 0) is 39.6 Å². The first-order chi connectivity index (χ1) is 8.52. The van der Waals surface area contributed by atoms with Crippen LogP contribution >= 0.6 is 7.92 Å². The minimum Gasteiger partial charge on any atom is -0.507 e. The monoisotopic (exact) mass is 260 g/mol. The first-order valence-corrected chi connectivity index (χ1v) is 7.62. The number of aryl methyl sites for hydroxylation is 2. The van der Waals surface area contributed by atoms with Crippen molar-refractivity contribution in [3.05, 3.63) is 47.5 Å². The van der Waals surface area contributed by atoms with Crippen molar-refractivity contribution in [3.8, 4) is 11.5 Å². The van der Waals surface area contributed by atoms with E-state index in [9.17, 15) is 10.2 Å². The van der Waals surface area contributed by atoms with E-state index >= 15 is 0 Å². The molecule has 94 valence electrons. The van der Waals surface area contributed by atoms with Gasteiger partial charge in [0.2, 0.25) is 0 Å². The largest absolute Gasteiger partial charge is 0.507 e. The summed E-state index contributed by atoms with van der Waals surface area (Å²) in [6.07, 6.45) is 0. The average Bonchev–Trinajstić information content (AvgIpc) is 2.35. The van der Waals surface area contributed by atoms with E-state index in [4.69, 9.17) is 0 Å². The molecule has 2 aromatic rings. The SMILES string of the molecule is Cc1cccc(P(C)c2cccc(C)c2O)c1O. The predicted molar refractivity (Wildman–Crippen MR) is 77.8 cm³/mol. The second-order valence-corrected chi connectivity index (χ2v) is 6.53. The van der Waals surface area contributed by atoms with Gasteiger partial charge in [-0.2, -0.15) is 0 Å². The number of rotatable bonds is 2. The molecule has 0 spiro atoms. The Balaban J connectivity index is 2.51. The molecule has 0 saturated carbocycles. The van der Waals surface area contributed by atoms with Crippen LogP contribution in [0.3, 0.4) is 0 Å². The van der Waals surface area contributed by atoms with Gasteiger partial charge in [0.25, 0.3) is 0 Å². The van der Waals surface area contributed by atoms with Gasteiger partial charge in [0.1, 0.15) is 11.5 Å². The molecular formula is C15H17O2P. The van der Waals surface area contributed by atoms with Crippen molar-refractivity contribution < 1.29 is 10.2 Å². The lowest BCUT2D eigenvalue weighted by Crippen LogP contribution is -2.12. The number of hydrogen-bond donors (Lipinski definition) is 2. The van der Waals surface area contributed by atoms with Crippen molar-refractivity contribution in [2.24, 2.45) is 0 Å². The average molecular weight is 260 g/mol. The molecule has 2 nitrogen and oxygen atoms in total. The molecule has 0 bridgehead atoms. The number of para-hydroxylation sites is 2. The molecule has 0 fully saturated rings. The third-order valence-electron chi connectivity index (χ3n) is 3.16. The van der Waals surface area contributed by atoms with Crippen LogP contribution in [0.2, 0.25) is 0 Å². The van der Waals surface area contributed by atoms with Gasteiger partial charge in [-0.15, -0.1) is 0 Å². The van der Waals surface area contributed by atoms with Crippen molar-refractivity contribution in [2.75, 3.05) is 6.66 Å². The van der Waals surface area contributed by atoms with Gasteiger partial charge in [-0.25, -0.2) is 0 Å². The molecule has 2 N–H and O–H groups in total. The van der Waals surface area contributed by atoms with Crippen LogP contribution in [0.5, 0.6) is 11.5 Å². The highest BCUT2D eigenvalue weighted by Gasteiger charge is 2.17. The highest BCUT2D eigenvalue weighted by Crippen LogP contribution is 2.37. The lowest BCUT2D eigenvalue weighted by Gasteiger charge is -2.17. The molecule has 0 aliphatic rings. The van der Waals surface area contributed by atoms with Crippen molar-refractivity contribution >= 4 is 18.5 Å². The Morgan fingerprint density at radius 1 is 0.778 bits per heavy atom. The summed E-state index contributed by atoms with van der Waals surface area (Å²) in [5, 5.41) is 22.1. The number of phenols is 2. The summed E-state index contributed by atoms with van der Waals surface area (Å²) in [5.74, 6) is 0.680. The summed E-state index contributed by atoms with van der Waals surface area (Å²) < 4.78 is 0. The van der Waals surface area contributed by atoms with E-state index < -0.39 is 7.92 Å². The summed E-state index contributed by atoms with van der Waals surface area (Å²) in [6, 6.07) is 11.5.